The number of amides is 2. The average Bonchev–Trinajstić information content (AvgIpc) is 3.35. The van der Waals surface area contributed by atoms with Crippen LogP contribution in [0.1, 0.15) is 22.3 Å². The second kappa shape index (κ2) is 12.1. The van der Waals surface area contributed by atoms with Gasteiger partial charge in [0, 0.05) is 22.2 Å². The molecule has 1 atom stereocenters. The average molecular weight is 585 g/mol. The van der Waals surface area contributed by atoms with E-state index in [9.17, 15) is 18.0 Å². The van der Waals surface area contributed by atoms with Gasteiger partial charge < -0.3 is 15.2 Å². The molecule has 208 valence electrons. The fourth-order valence-corrected chi connectivity index (χ4v) is 9.58. The molecule has 2 N–H and O–H groups in total. The summed E-state index contributed by atoms with van der Waals surface area (Å²) in [5.41, 5.74) is 0.606. The van der Waals surface area contributed by atoms with Crippen molar-refractivity contribution in [3.05, 3.63) is 138 Å². The third-order valence-electron chi connectivity index (χ3n) is 6.91. The predicted octanol–water partition coefficient (Wildman–Crippen LogP) is 4.10. The van der Waals surface area contributed by atoms with Crippen molar-refractivity contribution in [2.75, 3.05) is 11.5 Å². The van der Waals surface area contributed by atoms with Gasteiger partial charge >= 0.3 is 0 Å². The largest absolute Gasteiger partial charge is 0.347 e. The van der Waals surface area contributed by atoms with Crippen molar-refractivity contribution in [1.82, 2.24) is 10.6 Å². The molecule has 1 aliphatic rings. The molecule has 4 aromatic carbocycles. The summed E-state index contributed by atoms with van der Waals surface area (Å²) in [6.07, 6.45) is 0.254. The van der Waals surface area contributed by atoms with Gasteiger partial charge in [-0.25, -0.2) is 8.42 Å². The summed E-state index contributed by atoms with van der Waals surface area (Å²) in [5, 5.41) is 6.69. The third-order valence-corrected chi connectivity index (χ3v) is 11.8. The zero-order chi connectivity index (χ0) is 28.9. The Hall–Kier alpha value is -4.26. The summed E-state index contributed by atoms with van der Waals surface area (Å²) < 4.78 is 40.0. The van der Waals surface area contributed by atoms with E-state index < -0.39 is 34.8 Å². The van der Waals surface area contributed by atoms with Gasteiger partial charge in [-0.15, -0.1) is 0 Å². The van der Waals surface area contributed by atoms with Crippen molar-refractivity contribution < 1.29 is 22.6 Å². The summed E-state index contributed by atoms with van der Waals surface area (Å²) in [5.74, 6) is -1.50. The van der Waals surface area contributed by atoms with Gasteiger partial charge in [0.2, 0.25) is 0 Å². The van der Waals surface area contributed by atoms with Crippen LogP contribution in [0.25, 0.3) is 5.31 Å². The van der Waals surface area contributed by atoms with E-state index in [0.717, 1.165) is 0 Å². The first-order chi connectivity index (χ1) is 19.8. The highest BCUT2D eigenvalue weighted by atomic mass is 32.2. The number of carbonyl (C=O) groups is 2. The van der Waals surface area contributed by atoms with Crippen LogP contribution in [0.15, 0.2) is 127 Å². The minimum atomic E-state index is -3.80. The van der Waals surface area contributed by atoms with Gasteiger partial charge in [0.05, 0.1) is 16.8 Å². The highest BCUT2D eigenvalue weighted by Crippen LogP contribution is 2.57. The Morgan fingerprint density at radius 3 is 1.61 bits per heavy atom. The van der Waals surface area contributed by atoms with Crippen molar-refractivity contribution in [3.63, 3.8) is 0 Å². The molecule has 1 saturated heterocycles. The van der Waals surface area contributed by atoms with E-state index in [-0.39, 0.29) is 28.9 Å². The molecular weight excluding hydrogens is 555 g/mol. The Kier molecular flexibility index (Phi) is 8.34. The lowest BCUT2D eigenvalue weighted by Gasteiger charge is -2.26. The van der Waals surface area contributed by atoms with Crippen LogP contribution < -0.4 is 21.2 Å². The molecule has 1 aliphatic heterocycles. The maximum Gasteiger partial charge on any atom is 0.268 e. The monoisotopic (exact) mass is 584 g/mol. The van der Waals surface area contributed by atoms with Crippen LogP contribution in [0.3, 0.4) is 0 Å². The molecule has 1 heterocycles. The van der Waals surface area contributed by atoms with E-state index >= 15 is 4.57 Å². The summed E-state index contributed by atoms with van der Waals surface area (Å²) in [7, 11) is -7.09. The van der Waals surface area contributed by atoms with E-state index in [1.807, 2.05) is 18.2 Å². The first-order valence-corrected chi connectivity index (χ1v) is 16.7. The lowest BCUT2D eigenvalue weighted by atomic mass is 10.1. The molecule has 0 bridgehead atoms. The molecule has 1 fully saturated rings. The summed E-state index contributed by atoms with van der Waals surface area (Å²) in [6.45, 7) is 0. The molecule has 9 heteroatoms. The number of nitrogens with one attached hydrogen (secondary N) is 2. The van der Waals surface area contributed by atoms with Crippen molar-refractivity contribution in [1.29, 1.82) is 0 Å². The van der Waals surface area contributed by atoms with Gasteiger partial charge in [-0.05, 0) is 24.1 Å². The topological polar surface area (TPSA) is 109 Å². The molecule has 0 spiro atoms. The number of rotatable bonds is 8. The van der Waals surface area contributed by atoms with Gasteiger partial charge in [0.25, 0.3) is 11.8 Å². The van der Waals surface area contributed by atoms with Crippen molar-refractivity contribution in [2.24, 2.45) is 0 Å². The molecule has 0 saturated carbocycles. The molecule has 0 aromatic heterocycles. The highest BCUT2D eigenvalue weighted by Gasteiger charge is 2.39. The van der Waals surface area contributed by atoms with E-state index in [4.69, 9.17) is 0 Å². The van der Waals surface area contributed by atoms with Crippen LogP contribution in [0.2, 0.25) is 0 Å². The third kappa shape index (κ3) is 6.24. The molecule has 0 unspecified atom stereocenters. The van der Waals surface area contributed by atoms with Crippen LogP contribution in [-0.4, -0.2) is 37.8 Å². The van der Waals surface area contributed by atoms with E-state index in [1.165, 1.54) is 0 Å². The zero-order valence-corrected chi connectivity index (χ0v) is 23.9. The smallest absolute Gasteiger partial charge is 0.268 e. The van der Waals surface area contributed by atoms with E-state index in [0.29, 0.717) is 21.7 Å². The number of sulfone groups is 1. The minimum Gasteiger partial charge on any atom is -0.347 e. The summed E-state index contributed by atoms with van der Waals surface area (Å²) in [6, 6.07) is 34.3. The summed E-state index contributed by atoms with van der Waals surface area (Å²) >= 11 is 0. The Bertz CT molecular complexity index is 1680. The zero-order valence-electron chi connectivity index (χ0n) is 22.1. The van der Waals surface area contributed by atoms with Gasteiger partial charge in [0.1, 0.15) is 5.70 Å². The normalized spacial score (nSPS) is 16.8. The maximum absolute atomic E-state index is 15.6. The van der Waals surface area contributed by atoms with Crippen molar-refractivity contribution >= 4 is 44.7 Å². The first kappa shape index (κ1) is 28.3. The second-order valence-electron chi connectivity index (χ2n) is 9.76. The fraction of sp³-hybridized carbons (Fsp3) is 0.125. The standard InChI is InChI=1S/C32H29N2O5PS/c35-31(25-15-7-2-8-16-25)34-29(32(36)33-26-21-22-41(38,39)23-26)30(24-13-5-1-6-14-24)40(37,27-17-9-3-10-18-27)28-19-11-4-12-20-28/h1-20,26H,21-23H2,(H,33,36)(H,34,35)/b30-29-/t26-/m0/s1. The Balaban J connectivity index is 1.78. The molecule has 0 radical (unpaired) electrons. The molecule has 41 heavy (non-hydrogen) atoms. The SMILES string of the molecule is O=C(N[C@H]1CCS(=O)(=O)C1)/C(NC(=O)c1ccccc1)=C(\c1ccccc1)P(=O)(c1ccccc1)c1ccccc1. The molecule has 0 aliphatic carbocycles. The van der Waals surface area contributed by atoms with Crippen molar-refractivity contribution in [2.45, 2.75) is 12.5 Å². The maximum atomic E-state index is 15.6. The molecule has 7 nitrogen and oxygen atoms in total. The predicted molar refractivity (Wildman–Crippen MR) is 162 cm³/mol. The lowest BCUT2D eigenvalue weighted by molar-refractivity contribution is -0.118. The number of carbonyl (C=O) groups excluding carboxylic acids is 2. The van der Waals surface area contributed by atoms with Crippen LogP contribution in [0, 0.1) is 0 Å². The molecule has 4 aromatic rings. The Labute approximate surface area is 239 Å². The number of hydrogen-bond donors (Lipinski definition) is 2. The van der Waals surface area contributed by atoms with Crippen LogP contribution >= 0.6 is 7.14 Å². The quantitative estimate of drug-likeness (QED) is 0.240. The van der Waals surface area contributed by atoms with Gasteiger partial charge in [-0.3, -0.25) is 9.59 Å². The van der Waals surface area contributed by atoms with E-state index in [2.05, 4.69) is 10.6 Å². The number of hydrogen-bond acceptors (Lipinski definition) is 5. The van der Waals surface area contributed by atoms with Gasteiger partial charge in [-0.2, -0.15) is 0 Å². The fourth-order valence-electron chi connectivity index (χ4n) is 4.93. The van der Waals surface area contributed by atoms with Crippen LogP contribution in [0.5, 0.6) is 0 Å². The van der Waals surface area contributed by atoms with E-state index in [1.54, 1.807) is 103 Å². The Morgan fingerprint density at radius 2 is 1.15 bits per heavy atom. The molecule has 5 rings (SSSR count). The first-order valence-electron chi connectivity index (χ1n) is 13.2. The van der Waals surface area contributed by atoms with Crippen LogP contribution in [-0.2, 0) is 19.2 Å². The minimum absolute atomic E-state index is 0.0363. The number of benzene rings is 4. The highest BCUT2D eigenvalue weighted by molar-refractivity contribution is 7.91. The van der Waals surface area contributed by atoms with Gasteiger partial charge in [-0.1, -0.05) is 109 Å². The molecular formula is C32H29N2O5PS. The lowest BCUT2D eigenvalue weighted by Crippen LogP contribution is -2.42. The molecule has 2 amide bonds. The summed E-state index contributed by atoms with van der Waals surface area (Å²) in [4.78, 5) is 27.6. The second-order valence-corrected chi connectivity index (χ2v) is 14.7. The van der Waals surface area contributed by atoms with Crippen LogP contribution in [0.4, 0.5) is 0 Å². The van der Waals surface area contributed by atoms with Gasteiger partial charge in [0.15, 0.2) is 17.0 Å². The van der Waals surface area contributed by atoms with Crippen molar-refractivity contribution in [3.8, 4) is 0 Å². The Morgan fingerprint density at radius 1 is 0.683 bits per heavy atom.